The van der Waals surface area contributed by atoms with E-state index in [0.29, 0.717) is 11.8 Å². The topological polar surface area (TPSA) is 63.1 Å². The van der Waals surface area contributed by atoms with E-state index < -0.39 is 0 Å². The first-order chi connectivity index (χ1) is 6.70. The number of hydrogen-bond donors (Lipinski definition) is 1. The summed E-state index contributed by atoms with van der Waals surface area (Å²) in [4.78, 5) is 8.18. The molecule has 0 saturated carbocycles. The molecule has 4 nitrogen and oxygen atoms in total. The fourth-order valence-corrected chi connectivity index (χ4v) is 1.24. The Bertz CT molecular complexity index is 345. The van der Waals surface area contributed by atoms with Gasteiger partial charge in [-0.05, 0) is 12.0 Å². The molecule has 4 heteroatoms. The van der Waals surface area contributed by atoms with Crippen LogP contribution >= 0.6 is 0 Å². The molecule has 0 aliphatic carbocycles. The highest BCUT2D eigenvalue weighted by Crippen LogP contribution is 2.14. The molecule has 0 saturated heterocycles. The van der Waals surface area contributed by atoms with E-state index in [9.17, 15) is 0 Å². The summed E-state index contributed by atoms with van der Waals surface area (Å²) in [7, 11) is 0. The van der Waals surface area contributed by atoms with E-state index >= 15 is 0 Å². The van der Waals surface area contributed by atoms with Crippen molar-refractivity contribution in [2.24, 2.45) is 26.8 Å². The first-order valence-corrected chi connectivity index (χ1v) is 4.42. The minimum atomic E-state index is 0.310. The van der Waals surface area contributed by atoms with Gasteiger partial charge in [0, 0.05) is 5.57 Å². The fraction of sp³-hybridized carbons (Fsp3) is 0.300. The number of aliphatic imine (C=N–C) groups is 2. The number of hydrogen-bond acceptors (Lipinski definition) is 3. The summed E-state index contributed by atoms with van der Waals surface area (Å²) in [6.45, 7) is 7.76. The van der Waals surface area contributed by atoms with Gasteiger partial charge in [0.15, 0.2) is 5.84 Å². The molecule has 0 unspecified atom stereocenters. The van der Waals surface area contributed by atoms with Crippen molar-refractivity contribution in [3.05, 3.63) is 24.3 Å². The van der Waals surface area contributed by atoms with E-state index in [1.54, 1.807) is 6.08 Å². The highest BCUT2D eigenvalue weighted by atomic mass is 15.2. The number of allylic oxidation sites excluding steroid dienone is 2. The van der Waals surface area contributed by atoms with Gasteiger partial charge in [-0.25, -0.2) is 9.98 Å². The van der Waals surface area contributed by atoms with Crippen LogP contribution in [0, 0.1) is 5.92 Å². The minimum absolute atomic E-state index is 0.310. The molecule has 0 aromatic carbocycles. The predicted molar refractivity (Wildman–Crippen MR) is 60.7 cm³/mol. The summed E-state index contributed by atoms with van der Waals surface area (Å²) in [6, 6.07) is 0. The van der Waals surface area contributed by atoms with Gasteiger partial charge in [-0.1, -0.05) is 26.5 Å². The van der Waals surface area contributed by atoms with E-state index in [2.05, 4.69) is 35.5 Å². The molecule has 2 N–H and O–H groups in total. The van der Waals surface area contributed by atoms with Crippen LogP contribution < -0.4 is 5.84 Å². The zero-order valence-corrected chi connectivity index (χ0v) is 8.44. The van der Waals surface area contributed by atoms with Crippen molar-refractivity contribution in [3.63, 3.8) is 0 Å². The molecule has 0 aromatic rings. The maximum Gasteiger partial charge on any atom is 0.182 e. The van der Waals surface area contributed by atoms with E-state index in [1.165, 1.54) is 6.34 Å². The number of hydrazone groups is 1. The molecule has 0 aromatic heterocycles. The number of nitrogens with two attached hydrogens (primary N) is 1. The van der Waals surface area contributed by atoms with Crippen LogP contribution in [0.15, 0.2) is 39.4 Å². The quantitative estimate of drug-likeness (QED) is 0.520. The average Bonchev–Trinajstić information content (AvgIpc) is 2.18. The van der Waals surface area contributed by atoms with Crippen LogP contribution in [0.2, 0.25) is 0 Å². The number of amidine groups is 1. The normalized spacial score (nSPS) is 21.8. The van der Waals surface area contributed by atoms with E-state index in [-0.39, 0.29) is 0 Å². The van der Waals surface area contributed by atoms with E-state index in [0.717, 1.165) is 11.3 Å². The Morgan fingerprint density at radius 1 is 1.57 bits per heavy atom. The fourth-order valence-electron chi connectivity index (χ4n) is 1.24. The molecule has 0 bridgehead atoms. The first kappa shape index (κ1) is 10.4. The second-order valence-corrected chi connectivity index (χ2v) is 3.18. The lowest BCUT2D eigenvalue weighted by Crippen LogP contribution is -2.21. The molecule has 74 valence electrons. The summed E-state index contributed by atoms with van der Waals surface area (Å²) >= 11 is 0. The van der Waals surface area contributed by atoms with Gasteiger partial charge in [-0.2, -0.15) is 5.10 Å². The van der Waals surface area contributed by atoms with Gasteiger partial charge >= 0.3 is 0 Å². The maximum atomic E-state index is 5.23. The summed E-state index contributed by atoms with van der Waals surface area (Å²) in [6.07, 6.45) is 4.97. The molecule has 0 amide bonds. The Balaban J connectivity index is 3.17. The third-order valence-corrected chi connectivity index (χ3v) is 1.85. The SMILES string of the molecule is C=C/C=C1/C(C(C)C)=NC=N/C1=N/N. The van der Waals surface area contributed by atoms with Crippen molar-refractivity contribution in [3.8, 4) is 0 Å². The lowest BCUT2D eigenvalue weighted by molar-refractivity contribution is 0.886. The smallest absolute Gasteiger partial charge is 0.182 e. The van der Waals surface area contributed by atoms with Crippen LogP contribution in [0.25, 0.3) is 0 Å². The number of rotatable bonds is 2. The van der Waals surface area contributed by atoms with E-state index in [1.807, 2.05) is 6.08 Å². The van der Waals surface area contributed by atoms with Crippen molar-refractivity contribution in [1.82, 2.24) is 0 Å². The van der Waals surface area contributed by atoms with Crippen molar-refractivity contribution >= 4 is 17.9 Å². The van der Waals surface area contributed by atoms with Crippen LogP contribution in [0.5, 0.6) is 0 Å². The van der Waals surface area contributed by atoms with Gasteiger partial charge in [-0.15, -0.1) is 0 Å². The third kappa shape index (κ3) is 1.96. The molecular formula is C10H14N4. The molecule has 0 radical (unpaired) electrons. The Morgan fingerprint density at radius 3 is 2.79 bits per heavy atom. The van der Waals surface area contributed by atoms with Gasteiger partial charge in [0.25, 0.3) is 0 Å². The van der Waals surface area contributed by atoms with Gasteiger partial charge < -0.3 is 5.84 Å². The zero-order chi connectivity index (χ0) is 10.6. The third-order valence-electron chi connectivity index (χ3n) is 1.85. The second kappa shape index (κ2) is 4.50. The Morgan fingerprint density at radius 2 is 2.29 bits per heavy atom. The second-order valence-electron chi connectivity index (χ2n) is 3.18. The summed E-state index contributed by atoms with van der Waals surface area (Å²) in [5.74, 6) is 6.04. The number of nitrogens with zero attached hydrogens (tertiary/aromatic N) is 3. The highest BCUT2D eigenvalue weighted by molar-refractivity contribution is 6.28. The summed E-state index contributed by atoms with van der Waals surface area (Å²) in [5, 5.41) is 3.60. The van der Waals surface area contributed by atoms with Crippen LogP contribution in [0.4, 0.5) is 0 Å². The molecule has 1 aliphatic heterocycles. The lowest BCUT2D eigenvalue weighted by atomic mass is 9.98. The maximum absolute atomic E-state index is 5.23. The molecule has 1 aliphatic rings. The molecule has 0 atom stereocenters. The standard InChI is InChI=1S/C10H14N4/c1-4-5-8-9(7(2)3)12-6-13-10(8)14-11/h4-7H,1,11H2,2-3H3/b8-5-,14-10+. The van der Waals surface area contributed by atoms with E-state index in [4.69, 9.17) is 5.84 Å². The van der Waals surface area contributed by atoms with Gasteiger partial charge in [0.1, 0.15) is 6.34 Å². The molecule has 0 fully saturated rings. The van der Waals surface area contributed by atoms with Crippen molar-refractivity contribution in [2.75, 3.05) is 0 Å². The molecule has 1 rings (SSSR count). The Labute approximate surface area is 83.6 Å². The van der Waals surface area contributed by atoms with Crippen LogP contribution in [-0.4, -0.2) is 17.9 Å². The molecule has 14 heavy (non-hydrogen) atoms. The van der Waals surface area contributed by atoms with Crippen LogP contribution in [0.1, 0.15) is 13.8 Å². The first-order valence-electron chi connectivity index (χ1n) is 4.42. The molecule has 0 spiro atoms. The minimum Gasteiger partial charge on any atom is -0.321 e. The van der Waals surface area contributed by atoms with Crippen molar-refractivity contribution in [2.45, 2.75) is 13.8 Å². The monoisotopic (exact) mass is 190 g/mol. The summed E-state index contributed by atoms with van der Waals surface area (Å²) < 4.78 is 0. The largest absolute Gasteiger partial charge is 0.321 e. The van der Waals surface area contributed by atoms with Crippen LogP contribution in [0.3, 0.4) is 0 Å². The van der Waals surface area contributed by atoms with Crippen molar-refractivity contribution < 1.29 is 0 Å². The average molecular weight is 190 g/mol. The Hall–Kier alpha value is -1.71. The Kier molecular flexibility index (Phi) is 3.34. The van der Waals surface area contributed by atoms with Gasteiger partial charge in [0.2, 0.25) is 0 Å². The summed E-state index contributed by atoms with van der Waals surface area (Å²) in [5.41, 5.74) is 1.78. The van der Waals surface area contributed by atoms with Gasteiger partial charge in [0.05, 0.1) is 5.71 Å². The highest BCUT2D eigenvalue weighted by Gasteiger charge is 2.18. The zero-order valence-electron chi connectivity index (χ0n) is 8.44. The molecule has 1 heterocycles. The lowest BCUT2D eigenvalue weighted by Gasteiger charge is -2.15. The van der Waals surface area contributed by atoms with Gasteiger partial charge in [-0.3, -0.25) is 0 Å². The predicted octanol–water partition coefficient (Wildman–Crippen LogP) is 1.51. The van der Waals surface area contributed by atoms with Crippen LogP contribution in [-0.2, 0) is 0 Å². The molecular weight excluding hydrogens is 176 g/mol. The van der Waals surface area contributed by atoms with Crippen molar-refractivity contribution in [1.29, 1.82) is 0 Å².